The molecule has 3 rings (SSSR count). The maximum atomic E-state index is 12.9. The van der Waals surface area contributed by atoms with Gasteiger partial charge in [0.25, 0.3) is 0 Å². The fraction of sp³-hybridized carbons (Fsp3) is 0.222. The number of esters is 1. The number of aromatic nitrogens is 2. The van der Waals surface area contributed by atoms with Crippen molar-refractivity contribution < 1.29 is 13.9 Å². The van der Waals surface area contributed by atoms with Crippen molar-refractivity contribution in [3.8, 4) is 0 Å². The second-order valence-electron chi connectivity index (χ2n) is 5.26. The fourth-order valence-corrected chi connectivity index (χ4v) is 2.43. The summed E-state index contributed by atoms with van der Waals surface area (Å²) in [5, 5.41) is 5.38. The Kier molecular flexibility index (Phi) is 4.37. The van der Waals surface area contributed by atoms with Crippen molar-refractivity contribution in [3.63, 3.8) is 0 Å². The minimum Gasteiger partial charge on any atom is -0.462 e. The predicted molar refractivity (Wildman–Crippen MR) is 85.8 cm³/mol. The summed E-state index contributed by atoms with van der Waals surface area (Å²) in [6.45, 7) is 2.83. The van der Waals surface area contributed by atoms with Gasteiger partial charge in [-0.05, 0) is 49.2 Å². The highest BCUT2D eigenvalue weighted by molar-refractivity contribution is 5.94. The van der Waals surface area contributed by atoms with Gasteiger partial charge >= 0.3 is 5.97 Å². The highest BCUT2D eigenvalue weighted by atomic mass is 19.1. The first-order valence-electron chi connectivity index (χ1n) is 7.54. The normalized spacial score (nSPS) is 10.9. The fourth-order valence-electron chi connectivity index (χ4n) is 2.43. The molecule has 0 saturated heterocycles. The summed E-state index contributed by atoms with van der Waals surface area (Å²) < 4.78 is 19.7. The molecule has 2 aromatic carbocycles. The van der Waals surface area contributed by atoms with Crippen molar-refractivity contribution in [3.05, 3.63) is 65.6 Å². The number of rotatable bonds is 5. The molecule has 0 amide bonds. The molecule has 0 radical (unpaired) electrons. The molecule has 4 nitrogen and oxygen atoms in total. The van der Waals surface area contributed by atoms with Gasteiger partial charge in [0.2, 0.25) is 0 Å². The average Bonchev–Trinajstić information content (AvgIpc) is 2.96. The van der Waals surface area contributed by atoms with Crippen LogP contribution in [0.15, 0.2) is 48.7 Å². The first kappa shape index (κ1) is 15.2. The third-order valence-corrected chi connectivity index (χ3v) is 3.61. The summed E-state index contributed by atoms with van der Waals surface area (Å²) in [6, 6.07) is 11.8. The third-order valence-electron chi connectivity index (χ3n) is 3.61. The van der Waals surface area contributed by atoms with E-state index in [0.29, 0.717) is 18.7 Å². The number of nitrogens with zero attached hydrogens (tertiary/aromatic N) is 2. The largest absolute Gasteiger partial charge is 0.462 e. The summed E-state index contributed by atoms with van der Waals surface area (Å²) in [5.41, 5.74) is 2.41. The van der Waals surface area contributed by atoms with E-state index in [-0.39, 0.29) is 11.8 Å². The number of carbonyl (C=O) groups excluding carboxylic acids is 1. The van der Waals surface area contributed by atoms with Gasteiger partial charge in [0, 0.05) is 18.1 Å². The summed E-state index contributed by atoms with van der Waals surface area (Å²) in [6.07, 6.45) is 2.67. The smallest absolute Gasteiger partial charge is 0.338 e. The van der Waals surface area contributed by atoms with Gasteiger partial charge in [0.05, 0.1) is 17.7 Å². The van der Waals surface area contributed by atoms with Crippen LogP contribution in [-0.2, 0) is 17.7 Å². The number of aryl methyl sites for hydroxylation is 2. The van der Waals surface area contributed by atoms with Crippen molar-refractivity contribution in [1.29, 1.82) is 0 Å². The quantitative estimate of drug-likeness (QED) is 0.676. The van der Waals surface area contributed by atoms with Gasteiger partial charge in [0.15, 0.2) is 0 Å². The molecule has 0 aliphatic rings. The topological polar surface area (TPSA) is 44.1 Å². The zero-order valence-electron chi connectivity index (χ0n) is 12.8. The van der Waals surface area contributed by atoms with Crippen molar-refractivity contribution in [2.24, 2.45) is 0 Å². The van der Waals surface area contributed by atoms with E-state index in [1.807, 2.05) is 16.9 Å². The van der Waals surface area contributed by atoms with E-state index < -0.39 is 0 Å². The Balaban J connectivity index is 1.74. The summed E-state index contributed by atoms with van der Waals surface area (Å²) in [5.74, 6) is -0.557. The van der Waals surface area contributed by atoms with E-state index in [0.717, 1.165) is 22.9 Å². The van der Waals surface area contributed by atoms with Crippen molar-refractivity contribution in [1.82, 2.24) is 9.78 Å². The van der Waals surface area contributed by atoms with Crippen LogP contribution in [0.4, 0.5) is 4.39 Å². The molecule has 3 aromatic rings. The molecule has 1 heterocycles. The molecular formula is C18H17FN2O2. The molecule has 0 atom stereocenters. The molecule has 0 spiro atoms. The molecule has 5 heteroatoms. The Morgan fingerprint density at radius 1 is 1.22 bits per heavy atom. The van der Waals surface area contributed by atoms with Crippen LogP contribution in [0.25, 0.3) is 10.9 Å². The molecular weight excluding hydrogens is 295 g/mol. The zero-order chi connectivity index (χ0) is 16.2. The number of halogens is 1. The molecule has 0 aliphatic heterocycles. The molecule has 0 aliphatic carbocycles. The van der Waals surface area contributed by atoms with E-state index in [1.165, 1.54) is 12.1 Å². The predicted octanol–water partition coefficient (Wildman–Crippen LogP) is 3.59. The van der Waals surface area contributed by atoms with E-state index in [2.05, 4.69) is 5.10 Å². The maximum absolute atomic E-state index is 12.9. The third kappa shape index (κ3) is 3.56. The lowest BCUT2D eigenvalue weighted by atomic mass is 10.1. The zero-order valence-corrected chi connectivity index (χ0v) is 12.8. The molecule has 0 unspecified atom stereocenters. The highest BCUT2D eigenvalue weighted by Gasteiger charge is 2.09. The van der Waals surface area contributed by atoms with Crippen LogP contribution in [-0.4, -0.2) is 22.4 Å². The Bertz CT molecular complexity index is 825. The molecule has 0 bridgehead atoms. The molecule has 0 N–H and O–H groups in total. The lowest BCUT2D eigenvalue weighted by molar-refractivity contribution is 0.0526. The number of hydrogen-bond acceptors (Lipinski definition) is 3. The number of benzene rings is 2. The molecule has 118 valence electrons. The maximum Gasteiger partial charge on any atom is 0.338 e. The van der Waals surface area contributed by atoms with E-state index in [1.54, 1.807) is 31.2 Å². The average molecular weight is 312 g/mol. The van der Waals surface area contributed by atoms with E-state index in [9.17, 15) is 9.18 Å². The molecule has 0 saturated carbocycles. The minimum absolute atomic E-state index is 0.231. The number of fused-ring (bicyclic) bond motifs is 1. The van der Waals surface area contributed by atoms with E-state index >= 15 is 0 Å². The van der Waals surface area contributed by atoms with Crippen molar-refractivity contribution in [2.45, 2.75) is 19.9 Å². The second kappa shape index (κ2) is 6.60. The van der Waals surface area contributed by atoms with Gasteiger partial charge in [-0.3, -0.25) is 4.68 Å². The first-order chi connectivity index (χ1) is 11.2. The summed E-state index contributed by atoms with van der Waals surface area (Å²) in [4.78, 5) is 11.8. The standard InChI is InChI=1S/C18H17FN2O2/c1-2-23-18(22)14-5-8-17-15(11-14)12-21(20-17)10-9-13-3-6-16(19)7-4-13/h3-8,11-12H,2,9-10H2,1H3. The monoisotopic (exact) mass is 312 g/mol. The Morgan fingerprint density at radius 3 is 2.74 bits per heavy atom. The highest BCUT2D eigenvalue weighted by Crippen LogP contribution is 2.16. The van der Waals surface area contributed by atoms with Crippen LogP contribution in [0.5, 0.6) is 0 Å². The lowest BCUT2D eigenvalue weighted by Gasteiger charge is -2.01. The summed E-state index contributed by atoms with van der Waals surface area (Å²) in [7, 11) is 0. The van der Waals surface area contributed by atoms with Crippen LogP contribution in [0, 0.1) is 5.82 Å². The minimum atomic E-state index is -0.325. The van der Waals surface area contributed by atoms with Crippen LogP contribution in [0.3, 0.4) is 0 Å². The van der Waals surface area contributed by atoms with Gasteiger partial charge in [0.1, 0.15) is 5.82 Å². The van der Waals surface area contributed by atoms with Gasteiger partial charge < -0.3 is 4.74 Å². The van der Waals surface area contributed by atoms with Crippen LogP contribution >= 0.6 is 0 Å². The number of ether oxygens (including phenoxy) is 1. The Morgan fingerprint density at radius 2 is 2.00 bits per heavy atom. The van der Waals surface area contributed by atoms with E-state index in [4.69, 9.17) is 4.74 Å². The molecule has 0 fully saturated rings. The second-order valence-corrected chi connectivity index (χ2v) is 5.26. The Hall–Kier alpha value is -2.69. The van der Waals surface area contributed by atoms with Gasteiger partial charge in [-0.1, -0.05) is 12.1 Å². The van der Waals surface area contributed by atoms with Crippen LogP contribution in [0.2, 0.25) is 0 Å². The molecule has 1 aromatic heterocycles. The first-order valence-corrected chi connectivity index (χ1v) is 7.54. The Labute approximate surface area is 133 Å². The number of hydrogen-bond donors (Lipinski definition) is 0. The van der Waals surface area contributed by atoms with Crippen LogP contribution in [0.1, 0.15) is 22.8 Å². The van der Waals surface area contributed by atoms with Gasteiger partial charge in [-0.15, -0.1) is 0 Å². The van der Waals surface area contributed by atoms with Crippen molar-refractivity contribution >= 4 is 16.9 Å². The van der Waals surface area contributed by atoms with Crippen molar-refractivity contribution in [2.75, 3.05) is 6.61 Å². The lowest BCUT2D eigenvalue weighted by Crippen LogP contribution is -2.03. The van der Waals surface area contributed by atoms with Crippen LogP contribution < -0.4 is 0 Å². The summed E-state index contributed by atoms with van der Waals surface area (Å²) >= 11 is 0. The molecule has 23 heavy (non-hydrogen) atoms. The van der Waals surface area contributed by atoms with Gasteiger partial charge in [-0.2, -0.15) is 5.10 Å². The number of carbonyl (C=O) groups is 1. The SMILES string of the molecule is CCOC(=O)c1ccc2nn(CCc3ccc(F)cc3)cc2c1. The van der Waals surface area contributed by atoms with Gasteiger partial charge in [-0.25, -0.2) is 9.18 Å².